The summed E-state index contributed by atoms with van der Waals surface area (Å²) in [6, 6.07) is 8.82. The van der Waals surface area contributed by atoms with Crippen LogP contribution in [0.1, 0.15) is 16.7 Å². The summed E-state index contributed by atoms with van der Waals surface area (Å²) < 4.78 is 65.3. The van der Waals surface area contributed by atoms with Crippen LogP contribution in [0.25, 0.3) is 0 Å². The monoisotopic (exact) mass is 426 g/mol. The first-order chi connectivity index (χ1) is 13.5. The largest absolute Gasteiger partial charge is 0.416 e. The lowest BCUT2D eigenvalue weighted by Crippen LogP contribution is -2.38. The molecule has 0 unspecified atom stereocenters. The predicted molar refractivity (Wildman–Crippen MR) is 105 cm³/mol. The number of halogens is 3. The van der Waals surface area contributed by atoms with Gasteiger partial charge in [-0.25, -0.2) is 8.42 Å². The zero-order chi connectivity index (χ0) is 21.8. The first kappa shape index (κ1) is 22.6. The maximum Gasteiger partial charge on any atom is 0.416 e. The first-order valence-corrected chi connectivity index (χ1v) is 10.0. The van der Waals surface area contributed by atoms with Gasteiger partial charge >= 0.3 is 6.18 Å². The van der Waals surface area contributed by atoms with E-state index in [0.29, 0.717) is 11.8 Å². The second kappa shape index (κ2) is 8.79. The molecule has 0 atom stereocenters. The van der Waals surface area contributed by atoms with Crippen molar-refractivity contribution in [2.45, 2.75) is 24.9 Å². The van der Waals surface area contributed by atoms with Crippen LogP contribution in [0.15, 0.2) is 60.0 Å². The molecule has 0 spiro atoms. The highest BCUT2D eigenvalue weighted by molar-refractivity contribution is 7.89. The number of carbonyl (C=O) groups excluding carboxylic acids is 1. The minimum atomic E-state index is -4.69. The Balaban J connectivity index is 2.30. The molecule has 0 aliphatic carbocycles. The average molecular weight is 426 g/mol. The van der Waals surface area contributed by atoms with Crippen LogP contribution >= 0.6 is 0 Å². The van der Waals surface area contributed by atoms with E-state index in [2.05, 4.69) is 11.9 Å². The van der Waals surface area contributed by atoms with Gasteiger partial charge in [0.15, 0.2) is 0 Å². The Hall–Kier alpha value is -2.65. The smallest absolute Gasteiger partial charge is 0.324 e. The van der Waals surface area contributed by atoms with Crippen molar-refractivity contribution in [2.75, 3.05) is 18.4 Å². The molecule has 29 heavy (non-hydrogen) atoms. The number of carbonyl (C=O) groups is 1. The minimum absolute atomic E-state index is 0.237. The lowest BCUT2D eigenvalue weighted by Gasteiger charge is -2.21. The van der Waals surface area contributed by atoms with Crippen LogP contribution in [0.2, 0.25) is 0 Å². The topological polar surface area (TPSA) is 66.5 Å². The van der Waals surface area contributed by atoms with Gasteiger partial charge in [-0.1, -0.05) is 30.3 Å². The number of anilines is 1. The third kappa shape index (κ3) is 5.45. The molecule has 0 bridgehead atoms. The lowest BCUT2D eigenvalue weighted by atomic mass is 10.1. The number of para-hydroxylation sites is 1. The van der Waals surface area contributed by atoms with E-state index in [4.69, 9.17) is 0 Å². The van der Waals surface area contributed by atoms with Gasteiger partial charge in [0.05, 0.1) is 17.0 Å². The van der Waals surface area contributed by atoms with E-state index in [1.807, 2.05) is 6.07 Å². The highest BCUT2D eigenvalue weighted by Gasteiger charge is 2.33. The first-order valence-electron chi connectivity index (χ1n) is 8.61. The number of hydrogen-bond donors (Lipinski definition) is 1. The summed E-state index contributed by atoms with van der Waals surface area (Å²) in [5, 5.41) is 2.67. The lowest BCUT2D eigenvalue weighted by molar-refractivity contribution is -0.137. The van der Waals surface area contributed by atoms with E-state index in [1.165, 1.54) is 6.08 Å². The SMILES string of the molecule is C=CCN(CC(=O)Nc1c(C)cccc1C)S(=O)(=O)c1cccc(C(F)(F)F)c1. The van der Waals surface area contributed by atoms with Crippen LogP contribution in [-0.4, -0.2) is 31.7 Å². The fourth-order valence-electron chi connectivity index (χ4n) is 2.72. The third-order valence-corrected chi connectivity index (χ3v) is 6.01. The minimum Gasteiger partial charge on any atom is -0.324 e. The molecule has 0 saturated carbocycles. The van der Waals surface area contributed by atoms with E-state index < -0.39 is 39.1 Å². The summed E-state index contributed by atoms with van der Waals surface area (Å²) in [6.07, 6.45) is -3.42. The number of hydrogen-bond acceptors (Lipinski definition) is 3. The number of alkyl halides is 3. The highest BCUT2D eigenvalue weighted by Crippen LogP contribution is 2.31. The standard InChI is InChI=1S/C20H21F3N2O3S/c1-4-11-25(13-18(26)24-19-14(2)7-5-8-15(19)3)29(27,28)17-10-6-9-16(12-17)20(21,22)23/h4-10,12H,1,11,13H2,2-3H3,(H,24,26). The summed E-state index contributed by atoms with van der Waals surface area (Å²) in [4.78, 5) is 11.9. The van der Waals surface area contributed by atoms with Crippen molar-refractivity contribution in [1.82, 2.24) is 4.31 Å². The maximum atomic E-state index is 12.9. The van der Waals surface area contributed by atoms with Crippen molar-refractivity contribution in [3.8, 4) is 0 Å². The number of rotatable bonds is 7. The third-order valence-electron chi connectivity index (χ3n) is 4.20. The van der Waals surface area contributed by atoms with Crippen LogP contribution < -0.4 is 5.32 Å². The van der Waals surface area contributed by atoms with Crippen molar-refractivity contribution in [3.63, 3.8) is 0 Å². The van der Waals surface area contributed by atoms with E-state index in [0.717, 1.165) is 33.6 Å². The van der Waals surface area contributed by atoms with E-state index in [1.54, 1.807) is 26.0 Å². The molecule has 1 amide bonds. The molecule has 0 radical (unpaired) electrons. The summed E-state index contributed by atoms with van der Waals surface area (Å²) in [6.45, 7) is 6.25. The molecule has 2 aromatic carbocycles. The van der Waals surface area contributed by atoms with Crippen molar-refractivity contribution < 1.29 is 26.4 Å². The van der Waals surface area contributed by atoms with Crippen molar-refractivity contribution in [1.29, 1.82) is 0 Å². The summed E-state index contributed by atoms with van der Waals surface area (Å²) >= 11 is 0. The average Bonchev–Trinajstić information content (AvgIpc) is 2.64. The van der Waals surface area contributed by atoms with Gasteiger partial charge in [0, 0.05) is 12.2 Å². The molecule has 0 saturated heterocycles. The van der Waals surface area contributed by atoms with Crippen LogP contribution in [-0.2, 0) is 21.0 Å². The summed E-state index contributed by atoms with van der Waals surface area (Å²) in [7, 11) is -4.35. The Morgan fingerprint density at radius 3 is 2.28 bits per heavy atom. The van der Waals surface area contributed by atoms with Crippen LogP contribution in [0.4, 0.5) is 18.9 Å². The number of amides is 1. The fourth-order valence-corrected chi connectivity index (χ4v) is 4.14. The van der Waals surface area contributed by atoms with Gasteiger partial charge in [0.1, 0.15) is 0 Å². The molecular weight excluding hydrogens is 405 g/mol. The molecular formula is C20H21F3N2O3S. The van der Waals surface area contributed by atoms with Crippen molar-refractivity contribution in [2.24, 2.45) is 0 Å². The van der Waals surface area contributed by atoms with E-state index in [-0.39, 0.29) is 6.54 Å². The molecule has 0 aliphatic heterocycles. The van der Waals surface area contributed by atoms with Gasteiger partial charge in [-0.15, -0.1) is 6.58 Å². The zero-order valence-electron chi connectivity index (χ0n) is 16.0. The molecule has 2 rings (SSSR count). The molecule has 5 nitrogen and oxygen atoms in total. The molecule has 2 aromatic rings. The predicted octanol–water partition coefficient (Wildman–Crippen LogP) is 4.14. The Kier molecular flexibility index (Phi) is 6.86. The molecule has 0 aromatic heterocycles. The Morgan fingerprint density at radius 2 is 1.72 bits per heavy atom. The highest BCUT2D eigenvalue weighted by atomic mass is 32.2. The number of aryl methyl sites for hydroxylation is 2. The Morgan fingerprint density at radius 1 is 1.14 bits per heavy atom. The van der Waals surface area contributed by atoms with Crippen molar-refractivity contribution in [3.05, 3.63) is 71.8 Å². The molecule has 0 aliphatic rings. The molecule has 0 fully saturated rings. The van der Waals surface area contributed by atoms with Gasteiger partial charge in [-0.05, 0) is 43.2 Å². The molecule has 1 N–H and O–H groups in total. The number of nitrogens with one attached hydrogen (secondary N) is 1. The van der Waals surface area contributed by atoms with Crippen LogP contribution in [0.5, 0.6) is 0 Å². The molecule has 156 valence electrons. The Labute approximate surface area is 167 Å². The molecule has 0 heterocycles. The number of benzene rings is 2. The summed E-state index contributed by atoms with van der Waals surface area (Å²) in [5.41, 5.74) is 1.08. The summed E-state index contributed by atoms with van der Waals surface area (Å²) in [5.74, 6) is -0.611. The zero-order valence-corrected chi connectivity index (χ0v) is 16.8. The van der Waals surface area contributed by atoms with Crippen LogP contribution in [0.3, 0.4) is 0 Å². The van der Waals surface area contributed by atoms with Gasteiger partial charge < -0.3 is 5.32 Å². The quantitative estimate of drug-likeness (QED) is 0.677. The van der Waals surface area contributed by atoms with Gasteiger partial charge in [0.25, 0.3) is 0 Å². The number of sulfonamides is 1. The fraction of sp³-hybridized carbons (Fsp3) is 0.250. The molecule has 9 heteroatoms. The second-order valence-corrected chi connectivity index (χ2v) is 8.36. The van der Waals surface area contributed by atoms with Gasteiger partial charge in [-0.2, -0.15) is 17.5 Å². The second-order valence-electron chi connectivity index (χ2n) is 6.43. The van der Waals surface area contributed by atoms with Crippen molar-refractivity contribution >= 4 is 21.6 Å². The Bertz CT molecular complexity index is 998. The van der Waals surface area contributed by atoms with Crippen LogP contribution in [0, 0.1) is 13.8 Å². The van der Waals surface area contributed by atoms with E-state index in [9.17, 15) is 26.4 Å². The normalized spacial score (nSPS) is 12.1. The van der Waals surface area contributed by atoms with Gasteiger partial charge in [0.2, 0.25) is 15.9 Å². The maximum absolute atomic E-state index is 12.9. The van der Waals surface area contributed by atoms with E-state index >= 15 is 0 Å². The van der Waals surface area contributed by atoms with Gasteiger partial charge in [-0.3, -0.25) is 4.79 Å². The number of nitrogens with zero attached hydrogens (tertiary/aromatic N) is 1.